The Kier molecular flexibility index (Phi) is 6.49. The summed E-state index contributed by atoms with van der Waals surface area (Å²) in [6.45, 7) is 6.16. The minimum absolute atomic E-state index is 0.246. The summed E-state index contributed by atoms with van der Waals surface area (Å²) < 4.78 is 0. The van der Waals surface area contributed by atoms with Crippen LogP contribution in [0.5, 0.6) is 0 Å². The Labute approximate surface area is 133 Å². The Morgan fingerprint density at radius 2 is 1.45 bits per heavy atom. The minimum atomic E-state index is 0.246. The highest BCUT2D eigenvalue weighted by molar-refractivity contribution is 5.12. The van der Waals surface area contributed by atoms with E-state index in [4.69, 9.17) is 5.73 Å². The molecule has 0 aliphatic carbocycles. The zero-order valence-electron chi connectivity index (χ0n) is 13.5. The maximum atomic E-state index is 5.65. The molecular weight excluding hydrogens is 272 g/mol. The van der Waals surface area contributed by atoms with Gasteiger partial charge in [-0.1, -0.05) is 12.1 Å². The van der Waals surface area contributed by atoms with Crippen molar-refractivity contribution in [3.8, 4) is 0 Å². The van der Waals surface area contributed by atoms with E-state index in [2.05, 4.69) is 40.8 Å². The van der Waals surface area contributed by atoms with Crippen molar-refractivity contribution in [2.75, 3.05) is 13.1 Å². The van der Waals surface area contributed by atoms with Crippen molar-refractivity contribution < 1.29 is 0 Å². The van der Waals surface area contributed by atoms with Crippen molar-refractivity contribution in [1.29, 1.82) is 0 Å². The molecule has 2 N–H and O–H groups in total. The lowest BCUT2D eigenvalue weighted by Crippen LogP contribution is -2.32. The Hall–Kier alpha value is -1.78. The van der Waals surface area contributed by atoms with Gasteiger partial charge in [-0.3, -0.25) is 14.9 Å². The van der Waals surface area contributed by atoms with Crippen molar-refractivity contribution in [3.63, 3.8) is 0 Å². The molecule has 0 aromatic carbocycles. The summed E-state index contributed by atoms with van der Waals surface area (Å²) in [7, 11) is 0. The molecular formula is C18H26N4. The summed E-state index contributed by atoms with van der Waals surface area (Å²) in [6.07, 6.45) is 5.84. The van der Waals surface area contributed by atoms with Gasteiger partial charge in [0.1, 0.15) is 0 Å². The fourth-order valence-electron chi connectivity index (χ4n) is 2.75. The molecule has 0 aliphatic heterocycles. The number of hydrogen-bond acceptors (Lipinski definition) is 4. The molecule has 4 heteroatoms. The van der Waals surface area contributed by atoms with Crippen LogP contribution in [0.25, 0.3) is 0 Å². The van der Waals surface area contributed by atoms with Gasteiger partial charge in [0.2, 0.25) is 0 Å². The van der Waals surface area contributed by atoms with Crippen molar-refractivity contribution in [2.24, 2.45) is 5.73 Å². The highest BCUT2D eigenvalue weighted by Gasteiger charge is 2.23. The molecule has 0 saturated carbocycles. The fourth-order valence-corrected chi connectivity index (χ4v) is 2.75. The van der Waals surface area contributed by atoms with Crippen LogP contribution in [0.3, 0.4) is 0 Å². The van der Waals surface area contributed by atoms with E-state index in [1.54, 1.807) is 0 Å². The second kappa shape index (κ2) is 8.61. The molecule has 2 atom stereocenters. The van der Waals surface area contributed by atoms with E-state index < -0.39 is 0 Å². The molecule has 2 rings (SSSR count). The van der Waals surface area contributed by atoms with Crippen LogP contribution >= 0.6 is 0 Å². The zero-order valence-corrected chi connectivity index (χ0v) is 13.5. The van der Waals surface area contributed by atoms with Gasteiger partial charge in [-0.05, 0) is 64.0 Å². The molecule has 0 saturated heterocycles. The van der Waals surface area contributed by atoms with Gasteiger partial charge in [0, 0.05) is 24.5 Å². The summed E-state index contributed by atoms with van der Waals surface area (Å²) in [6, 6.07) is 12.7. The van der Waals surface area contributed by atoms with Crippen molar-refractivity contribution in [1.82, 2.24) is 14.9 Å². The van der Waals surface area contributed by atoms with E-state index >= 15 is 0 Å². The first-order valence-electron chi connectivity index (χ1n) is 8.01. The Balaban J connectivity index is 2.18. The summed E-state index contributed by atoms with van der Waals surface area (Å²) in [5.74, 6) is 0. The lowest BCUT2D eigenvalue weighted by atomic mass is 10.1. The molecule has 0 bridgehead atoms. The zero-order chi connectivity index (χ0) is 15.8. The number of unbranched alkanes of at least 4 members (excludes halogenated alkanes) is 1. The second-order valence-electron chi connectivity index (χ2n) is 5.59. The van der Waals surface area contributed by atoms with E-state index in [9.17, 15) is 0 Å². The van der Waals surface area contributed by atoms with Gasteiger partial charge in [-0.25, -0.2) is 0 Å². The van der Waals surface area contributed by atoms with Crippen LogP contribution in [-0.4, -0.2) is 28.0 Å². The molecule has 0 aliphatic rings. The van der Waals surface area contributed by atoms with Crippen LogP contribution in [0.4, 0.5) is 0 Å². The minimum Gasteiger partial charge on any atom is -0.330 e. The van der Waals surface area contributed by atoms with Crippen LogP contribution in [0.2, 0.25) is 0 Å². The average molecular weight is 298 g/mol. The van der Waals surface area contributed by atoms with Crippen LogP contribution in [-0.2, 0) is 0 Å². The van der Waals surface area contributed by atoms with E-state index in [1.807, 2.05) is 36.7 Å². The molecule has 0 spiro atoms. The molecule has 0 radical (unpaired) electrons. The highest BCUT2D eigenvalue weighted by Crippen LogP contribution is 2.28. The largest absolute Gasteiger partial charge is 0.330 e. The maximum absolute atomic E-state index is 5.65. The number of nitrogens with zero attached hydrogens (tertiary/aromatic N) is 3. The predicted octanol–water partition coefficient (Wildman–Crippen LogP) is 3.34. The quantitative estimate of drug-likeness (QED) is 0.759. The molecule has 2 heterocycles. The third-order valence-corrected chi connectivity index (χ3v) is 4.10. The molecule has 118 valence electrons. The van der Waals surface area contributed by atoms with E-state index in [-0.39, 0.29) is 12.1 Å². The lowest BCUT2D eigenvalue weighted by molar-refractivity contribution is 0.146. The van der Waals surface area contributed by atoms with Crippen LogP contribution in [0.15, 0.2) is 48.8 Å². The Morgan fingerprint density at radius 3 is 1.86 bits per heavy atom. The van der Waals surface area contributed by atoms with Gasteiger partial charge >= 0.3 is 0 Å². The topological polar surface area (TPSA) is 55.0 Å². The summed E-state index contributed by atoms with van der Waals surface area (Å²) >= 11 is 0. The van der Waals surface area contributed by atoms with Crippen LogP contribution in [0.1, 0.15) is 50.2 Å². The summed E-state index contributed by atoms with van der Waals surface area (Å²) in [5, 5.41) is 0. The first kappa shape index (κ1) is 16.6. The van der Waals surface area contributed by atoms with Gasteiger partial charge < -0.3 is 5.73 Å². The number of aromatic nitrogens is 2. The molecule has 0 fully saturated rings. The standard InChI is InChI=1S/C18H26N4/c1-15(17-9-3-6-12-20-17)22(14-8-5-11-19)16(2)18-10-4-7-13-21-18/h3-4,6-7,9-10,12-13,15-16H,5,8,11,14,19H2,1-2H3. The normalized spacial score (nSPS) is 14.0. The number of hydrogen-bond donors (Lipinski definition) is 1. The third-order valence-electron chi connectivity index (χ3n) is 4.10. The van der Waals surface area contributed by atoms with Gasteiger partial charge in [-0.2, -0.15) is 0 Å². The molecule has 0 amide bonds. The SMILES string of the molecule is CC(c1ccccn1)N(CCCCN)C(C)c1ccccn1. The molecule has 4 nitrogen and oxygen atoms in total. The molecule has 2 aromatic rings. The smallest absolute Gasteiger partial charge is 0.0572 e. The van der Waals surface area contributed by atoms with Gasteiger partial charge in [0.15, 0.2) is 0 Å². The maximum Gasteiger partial charge on any atom is 0.0572 e. The monoisotopic (exact) mass is 298 g/mol. The average Bonchev–Trinajstić information content (AvgIpc) is 2.59. The van der Waals surface area contributed by atoms with E-state index in [0.717, 1.165) is 37.3 Å². The van der Waals surface area contributed by atoms with Gasteiger partial charge in [0.05, 0.1) is 11.4 Å². The van der Waals surface area contributed by atoms with E-state index in [1.165, 1.54) is 0 Å². The first-order chi connectivity index (χ1) is 10.7. The second-order valence-corrected chi connectivity index (χ2v) is 5.59. The third kappa shape index (κ3) is 4.36. The van der Waals surface area contributed by atoms with Gasteiger partial charge in [0.25, 0.3) is 0 Å². The Morgan fingerprint density at radius 1 is 0.909 bits per heavy atom. The van der Waals surface area contributed by atoms with Crippen molar-refractivity contribution in [3.05, 3.63) is 60.2 Å². The Bertz CT molecular complexity index is 484. The molecule has 2 aromatic heterocycles. The molecule has 2 unspecified atom stereocenters. The first-order valence-corrected chi connectivity index (χ1v) is 8.01. The fraction of sp³-hybridized carbons (Fsp3) is 0.444. The number of rotatable bonds is 8. The molecule has 22 heavy (non-hydrogen) atoms. The summed E-state index contributed by atoms with van der Waals surface area (Å²) in [4.78, 5) is 11.5. The van der Waals surface area contributed by atoms with Crippen molar-refractivity contribution in [2.45, 2.75) is 38.8 Å². The van der Waals surface area contributed by atoms with E-state index in [0.29, 0.717) is 0 Å². The van der Waals surface area contributed by atoms with Gasteiger partial charge in [-0.15, -0.1) is 0 Å². The number of nitrogens with two attached hydrogens (primary N) is 1. The van der Waals surface area contributed by atoms with Crippen molar-refractivity contribution >= 4 is 0 Å². The predicted molar refractivity (Wildman–Crippen MR) is 90.3 cm³/mol. The summed E-state index contributed by atoms with van der Waals surface area (Å²) in [5.41, 5.74) is 7.84. The number of pyridine rings is 2. The van der Waals surface area contributed by atoms with Crippen LogP contribution < -0.4 is 5.73 Å². The lowest BCUT2D eigenvalue weighted by Gasteiger charge is -2.34. The van der Waals surface area contributed by atoms with Crippen LogP contribution in [0, 0.1) is 0 Å². The highest BCUT2D eigenvalue weighted by atomic mass is 15.2.